The maximum Gasteiger partial charge on any atom is 0.494 e. The molecule has 162 valence electrons. The molecule has 2 aliphatic rings. The molecule has 30 heavy (non-hydrogen) atoms. The highest BCUT2D eigenvalue weighted by Crippen LogP contribution is 2.36. The molecule has 0 spiro atoms. The van der Waals surface area contributed by atoms with E-state index >= 15 is 0 Å². The van der Waals surface area contributed by atoms with Crippen LogP contribution in [-0.4, -0.2) is 54.8 Å². The van der Waals surface area contributed by atoms with E-state index in [0.717, 1.165) is 5.46 Å². The van der Waals surface area contributed by atoms with Crippen molar-refractivity contribution in [1.29, 1.82) is 0 Å². The Labute approximate surface area is 177 Å². The van der Waals surface area contributed by atoms with Crippen LogP contribution in [0.2, 0.25) is 0 Å². The van der Waals surface area contributed by atoms with E-state index in [4.69, 9.17) is 23.6 Å². The summed E-state index contributed by atoms with van der Waals surface area (Å²) >= 11 is 0. The van der Waals surface area contributed by atoms with E-state index in [0.29, 0.717) is 11.3 Å². The van der Waals surface area contributed by atoms with E-state index in [2.05, 4.69) is 5.16 Å². The molecule has 2 aliphatic heterocycles. The molecule has 0 unspecified atom stereocenters. The largest absolute Gasteiger partial charge is 0.494 e. The highest BCUT2D eigenvalue weighted by Gasteiger charge is 2.57. The van der Waals surface area contributed by atoms with E-state index in [1.54, 1.807) is 13.8 Å². The average Bonchev–Trinajstić information content (AvgIpc) is 3.22. The molecule has 8 nitrogen and oxygen atoms in total. The van der Waals surface area contributed by atoms with Gasteiger partial charge in [0.05, 0.1) is 36.5 Å². The normalized spacial score (nSPS) is 21.0. The van der Waals surface area contributed by atoms with Crippen LogP contribution in [-0.2, 0) is 33.2 Å². The number of oxime groups is 1. The summed E-state index contributed by atoms with van der Waals surface area (Å²) in [5.74, 6) is -1.62. The van der Waals surface area contributed by atoms with Crippen LogP contribution in [0.15, 0.2) is 29.4 Å². The van der Waals surface area contributed by atoms with Gasteiger partial charge in [-0.1, -0.05) is 29.4 Å². The first-order chi connectivity index (χ1) is 14.1. The third-order valence-electron chi connectivity index (χ3n) is 5.71. The van der Waals surface area contributed by atoms with Gasteiger partial charge < -0.3 is 23.6 Å². The Kier molecular flexibility index (Phi) is 5.97. The second-order valence-corrected chi connectivity index (χ2v) is 8.28. The second-order valence-electron chi connectivity index (χ2n) is 8.28. The number of benzene rings is 1. The van der Waals surface area contributed by atoms with Gasteiger partial charge in [0.1, 0.15) is 0 Å². The molecule has 0 radical (unpaired) electrons. The van der Waals surface area contributed by atoms with Crippen molar-refractivity contribution in [2.45, 2.75) is 64.8 Å². The number of carbonyl (C=O) groups excluding carboxylic acids is 2. The Hall–Kier alpha value is -2.39. The molecule has 1 fully saturated rings. The van der Waals surface area contributed by atoms with Crippen LogP contribution in [0.1, 0.15) is 53.5 Å². The summed E-state index contributed by atoms with van der Waals surface area (Å²) < 4.78 is 22.2. The van der Waals surface area contributed by atoms with Crippen LogP contribution in [0, 0.1) is 0 Å². The van der Waals surface area contributed by atoms with E-state index in [1.807, 2.05) is 52.0 Å². The summed E-state index contributed by atoms with van der Waals surface area (Å²) in [5, 5.41) is 3.99. The maximum absolute atomic E-state index is 12.5. The van der Waals surface area contributed by atoms with Gasteiger partial charge >= 0.3 is 24.7 Å². The highest BCUT2D eigenvalue weighted by atomic mass is 16.7. The minimum atomic E-state index is -1.91. The van der Waals surface area contributed by atoms with Gasteiger partial charge in [-0.25, -0.2) is 9.59 Å². The average molecular weight is 417 g/mol. The van der Waals surface area contributed by atoms with Crippen molar-refractivity contribution < 1.29 is 33.2 Å². The molecular formula is C21H28BNO7. The second kappa shape index (κ2) is 8.04. The van der Waals surface area contributed by atoms with Crippen molar-refractivity contribution in [1.82, 2.24) is 0 Å². The minimum absolute atomic E-state index is 0.0689. The zero-order valence-electron chi connectivity index (χ0n) is 18.3. The van der Waals surface area contributed by atoms with Gasteiger partial charge in [-0.3, -0.25) is 0 Å². The molecule has 0 N–H and O–H groups in total. The third-order valence-corrected chi connectivity index (χ3v) is 5.71. The molecular weight excluding hydrogens is 389 g/mol. The van der Waals surface area contributed by atoms with Crippen molar-refractivity contribution in [3.05, 3.63) is 29.8 Å². The lowest BCUT2D eigenvalue weighted by Crippen LogP contribution is -2.49. The van der Waals surface area contributed by atoms with Crippen LogP contribution in [0.4, 0.5) is 0 Å². The third kappa shape index (κ3) is 3.84. The van der Waals surface area contributed by atoms with Gasteiger partial charge in [0, 0.05) is 0 Å². The number of hydrogen-bond donors (Lipinski definition) is 0. The standard InChI is InChI=1S/C21H28BNO7/c1-7-26-17(24)21(18(25)27-8-2)13-16(23-30-21)14-9-11-15(12-10-14)22-28-19(3,4)20(5,6)29-22/h9-12H,7-8,13H2,1-6H3. The number of ether oxygens (including phenoxy) is 2. The Morgan fingerprint density at radius 1 is 0.967 bits per heavy atom. The molecule has 0 atom stereocenters. The molecule has 0 aromatic heterocycles. The van der Waals surface area contributed by atoms with Gasteiger partial charge in [0.2, 0.25) is 0 Å². The lowest BCUT2D eigenvalue weighted by Gasteiger charge is -2.32. The molecule has 1 aromatic carbocycles. The molecule has 0 aliphatic carbocycles. The zero-order valence-corrected chi connectivity index (χ0v) is 18.3. The Bertz CT molecular complexity index is 813. The van der Waals surface area contributed by atoms with Crippen molar-refractivity contribution in [3.63, 3.8) is 0 Å². The van der Waals surface area contributed by atoms with Gasteiger partial charge in [0.15, 0.2) is 0 Å². The summed E-state index contributed by atoms with van der Waals surface area (Å²) in [6, 6.07) is 7.40. The van der Waals surface area contributed by atoms with Gasteiger partial charge in [0.25, 0.3) is 0 Å². The van der Waals surface area contributed by atoms with Crippen LogP contribution in [0.3, 0.4) is 0 Å². The van der Waals surface area contributed by atoms with E-state index < -0.39 is 35.9 Å². The van der Waals surface area contributed by atoms with Crippen molar-refractivity contribution in [2.24, 2.45) is 5.16 Å². The first-order valence-corrected chi connectivity index (χ1v) is 10.1. The molecule has 1 aromatic rings. The fourth-order valence-corrected chi connectivity index (χ4v) is 3.20. The molecule has 0 amide bonds. The van der Waals surface area contributed by atoms with Gasteiger partial charge in [-0.05, 0) is 52.6 Å². The number of hydrogen-bond acceptors (Lipinski definition) is 8. The van der Waals surface area contributed by atoms with Gasteiger partial charge in [-0.2, -0.15) is 0 Å². The lowest BCUT2D eigenvalue weighted by molar-refractivity contribution is -0.187. The van der Waals surface area contributed by atoms with Crippen LogP contribution >= 0.6 is 0 Å². The predicted molar refractivity (Wildman–Crippen MR) is 110 cm³/mol. The summed E-state index contributed by atoms with van der Waals surface area (Å²) in [5.41, 5.74) is -0.746. The highest BCUT2D eigenvalue weighted by molar-refractivity contribution is 6.62. The zero-order chi connectivity index (χ0) is 22.2. The van der Waals surface area contributed by atoms with E-state index in [-0.39, 0.29) is 19.6 Å². The van der Waals surface area contributed by atoms with Crippen molar-refractivity contribution >= 4 is 30.2 Å². The number of carbonyl (C=O) groups is 2. The molecule has 0 saturated carbocycles. The van der Waals surface area contributed by atoms with Crippen LogP contribution < -0.4 is 5.46 Å². The SMILES string of the molecule is CCOC(=O)C1(C(=O)OCC)CC(c2ccc(B3OC(C)(C)C(C)(C)O3)cc2)=NO1. The van der Waals surface area contributed by atoms with Crippen LogP contribution in [0.5, 0.6) is 0 Å². The summed E-state index contributed by atoms with van der Waals surface area (Å²) in [4.78, 5) is 30.2. The smallest absolute Gasteiger partial charge is 0.462 e. The van der Waals surface area contributed by atoms with E-state index in [1.165, 1.54) is 0 Å². The van der Waals surface area contributed by atoms with Crippen LogP contribution in [0.25, 0.3) is 0 Å². The number of rotatable bonds is 6. The molecule has 0 bridgehead atoms. The fourth-order valence-electron chi connectivity index (χ4n) is 3.20. The molecule has 1 saturated heterocycles. The predicted octanol–water partition coefficient (Wildman–Crippen LogP) is 1.98. The quantitative estimate of drug-likeness (QED) is 0.397. The summed E-state index contributed by atoms with van der Waals surface area (Å²) in [7, 11) is -0.482. The number of esters is 2. The topological polar surface area (TPSA) is 92.7 Å². The minimum Gasteiger partial charge on any atom is -0.462 e. The maximum atomic E-state index is 12.5. The molecule has 2 heterocycles. The van der Waals surface area contributed by atoms with Crippen molar-refractivity contribution in [3.8, 4) is 0 Å². The molecule has 9 heteroatoms. The first-order valence-electron chi connectivity index (χ1n) is 10.1. The Morgan fingerprint density at radius 2 is 1.47 bits per heavy atom. The monoisotopic (exact) mass is 417 g/mol. The Balaban J connectivity index is 1.77. The van der Waals surface area contributed by atoms with E-state index in [9.17, 15) is 9.59 Å². The fraction of sp³-hybridized carbons (Fsp3) is 0.571. The molecule has 3 rings (SSSR count). The summed E-state index contributed by atoms with van der Waals surface area (Å²) in [6.45, 7) is 11.5. The van der Waals surface area contributed by atoms with Gasteiger partial charge in [-0.15, -0.1) is 0 Å². The lowest BCUT2D eigenvalue weighted by atomic mass is 9.78. The van der Waals surface area contributed by atoms with Crippen molar-refractivity contribution in [2.75, 3.05) is 13.2 Å². The Morgan fingerprint density at radius 3 is 1.93 bits per heavy atom. The first kappa shape index (κ1) is 22.3. The summed E-state index contributed by atoms with van der Waals surface area (Å²) in [6.07, 6.45) is -0.0689. The number of nitrogens with zero attached hydrogens (tertiary/aromatic N) is 1.